The molecule has 0 saturated carbocycles. The average Bonchev–Trinajstić information content (AvgIpc) is 2.58. The number of unbranched alkanes of at least 4 members (excludes halogenated alkanes) is 5. The van der Waals surface area contributed by atoms with Crippen LogP contribution in [0.4, 0.5) is 0 Å². The minimum atomic E-state index is 1.16. The summed E-state index contributed by atoms with van der Waals surface area (Å²) in [5.41, 5.74) is 1.57. The Kier molecular flexibility index (Phi) is 6.19. The van der Waals surface area contributed by atoms with Crippen LogP contribution >= 0.6 is 9.24 Å². The smallest absolute Gasteiger partial charge is 0.00923 e. The third-order valence-corrected chi connectivity index (χ3v) is 3.48. The van der Waals surface area contributed by atoms with Crippen molar-refractivity contribution in [2.24, 2.45) is 0 Å². The fraction of sp³-hybridized carbons (Fsp3) is 0.692. The van der Waals surface area contributed by atoms with E-state index in [1.807, 2.05) is 0 Å². The molecule has 0 N–H and O–H groups in total. The van der Waals surface area contributed by atoms with E-state index in [4.69, 9.17) is 0 Å². The van der Waals surface area contributed by atoms with Crippen LogP contribution in [0.5, 0.6) is 0 Å². The predicted octanol–water partition coefficient (Wildman–Crippen LogP) is 4.83. The zero-order chi connectivity index (χ0) is 10.2. The highest BCUT2D eigenvalue weighted by Crippen LogP contribution is 2.28. The maximum atomic E-state index is 2.87. The van der Waals surface area contributed by atoms with Gasteiger partial charge in [0.25, 0.3) is 0 Å². The van der Waals surface area contributed by atoms with Crippen LogP contribution < -0.4 is 0 Å². The Bertz CT molecular complexity index is 213. The van der Waals surface area contributed by atoms with E-state index >= 15 is 0 Å². The van der Waals surface area contributed by atoms with Crippen LogP contribution in [0.15, 0.2) is 23.0 Å². The van der Waals surface area contributed by atoms with Gasteiger partial charge in [0.2, 0.25) is 0 Å². The fourth-order valence-corrected chi connectivity index (χ4v) is 2.28. The topological polar surface area (TPSA) is 0 Å². The normalized spacial score (nSPS) is 15.6. The summed E-state index contributed by atoms with van der Waals surface area (Å²) < 4.78 is 0. The molecule has 0 saturated heterocycles. The summed E-state index contributed by atoms with van der Waals surface area (Å²) in [7, 11) is 2.87. The Morgan fingerprint density at radius 2 is 1.86 bits per heavy atom. The monoisotopic (exact) mass is 210 g/mol. The molecule has 1 unspecified atom stereocenters. The Morgan fingerprint density at radius 1 is 1.14 bits per heavy atom. The molecular formula is C13H23P. The molecule has 0 spiro atoms. The second-order valence-corrected chi connectivity index (χ2v) is 4.87. The SMILES string of the molecule is CCCCCCCCC1=C(P)CC=C1. The molecule has 1 aliphatic rings. The van der Waals surface area contributed by atoms with Gasteiger partial charge >= 0.3 is 0 Å². The van der Waals surface area contributed by atoms with Gasteiger partial charge in [-0.3, -0.25) is 0 Å². The molecule has 1 atom stereocenters. The van der Waals surface area contributed by atoms with E-state index in [1.165, 1.54) is 50.3 Å². The van der Waals surface area contributed by atoms with Crippen molar-refractivity contribution in [3.05, 3.63) is 23.0 Å². The van der Waals surface area contributed by atoms with E-state index in [9.17, 15) is 0 Å². The summed E-state index contributed by atoms with van der Waals surface area (Å²) in [6, 6.07) is 0. The van der Waals surface area contributed by atoms with Gasteiger partial charge in [-0.05, 0) is 30.1 Å². The Labute approximate surface area is 91.1 Å². The van der Waals surface area contributed by atoms with Gasteiger partial charge in [0, 0.05) is 0 Å². The molecule has 0 aliphatic heterocycles. The number of rotatable bonds is 7. The quantitative estimate of drug-likeness (QED) is 0.417. The van der Waals surface area contributed by atoms with Gasteiger partial charge in [0.15, 0.2) is 0 Å². The molecule has 0 aromatic carbocycles. The van der Waals surface area contributed by atoms with Crippen LogP contribution in [0.1, 0.15) is 58.3 Å². The van der Waals surface area contributed by atoms with E-state index in [0.29, 0.717) is 0 Å². The lowest BCUT2D eigenvalue weighted by Gasteiger charge is -2.02. The summed E-state index contributed by atoms with van der Waals surface area (Å²) in [6.45, 7) is 2.27. The maximum absolute atomic E-state index is 2.87. The molecule has 1 rings (SSSR count). The zero-order valence-corrected chi connectivity index (χ0v) is 10.5. The van der Waals surface area contributed by atoms with Crippen LogP contribution in [-0.4, -0.2) is 0 Å². The molecule has 1 heteroatoms. The van der Waals surface area contributed by atoms with E-state index in [1.54, 1.807) is 5.57 Å². The molecule has 0 amide bonds. The first kappa shape index (κ1) is 12.0. The third-order valence-electron chi connectivity index (χ3n) is 2.87. The van der Waals surface area contributed by atoms with Crippen molar-refractivity contribution in [3.8, 4) is 0 Å². The lowest BCUT2D eigenvalue weighted by atomic mass is 10.1. The first-order chi connectivity index (χ1) is 6.84. The largest absolute Gasteiger partial charge is 0.109 e. The molecule has 14 heavy (non-hydrogen) atoms. The standard InChI is InChI=1S/C13H23P/c1-2-3-4-5-6-7-9-12-10-8-11-13(12)14/h8,10H,2-7,9,11,14H2,1H3. The van der Waals surface area contributed by atoms with Crippen LogP contribution in [-0.2, 0) is 0 Å². The van der Waals surface area contributed by atoms with Crippen molar-refractivity contribution in [3.63, 3.8) is 0 Å². The minimum absolute atomic E-state index is 1.16. The Balaban J connectivity index is 1.99. The molecule has 1 aliphatic carbocycles. The highest BCUT2D eigenvalue weighted by atomic mass is 31.0. The fourth-order valence-electron chi connectivity index (χ4n) is 1.91. The summed E-state index contributed by atoms with van der Waals surface area (Å²) in [5.74, 6) is 0. The van der Waals surface area contributed by atoms with E-state index in [2.05, 4.69) is 28.3 Å². The third kappa shape index (κ3) is 4.42. The van der Waals surface area contributed by atoms with Gasteiger partial charge in [-0.15, -0.1) is 9.24 Å². The summed E-state index contributed by atoms with van der Waals surface area (Å²) in [5, 5.41) is 1.51. The molecule has 0 bridgehead atoms. The van der Waals surface area contributed by atoms with E-state index in [-0.39, 0.29) is 0 Å². The van der Waals surface area contributed by atoms with Gasteiger partial charge in [-0.1, -0.05) is 51.2 Å². The lowest BCUT2D eigenvalue weighted by Crippen LogP contribution is -1.82. The maximum Gasteiger partial charge on any atom is -0.00923 e. The van der Waals surface area contributed by atoms with Crippen molar-refractivity contribution in [2.45, 2.75) is 58.3 Å². The van der Waals surface area contributed by atoms with E-state index in [0.717, 1.165) is 6.42 Å². The van der Waals surface area contributed by atoms with Crippen molar-refractivity contribution in [1.29, 1.82) is 0 Å². The van der Waals surface area contributed by atoms with Gasteiger partial charge in [-0.2, -0.15) is 0 Å². The molecule has 0 nitrogen and oxygen atoms in total. The second kappa shape index (κ2) is 7.23. The first-order valence-electron chi connectivity index (χ1n) is 5.98. The van der Waals surface area contributed by atoms with Gasteiger partial charge in [-0.25, -0.2) is 0 Å². The van der Waals surface area contributed by atoms with Crippen LogP contribution in [0.2, 0.25) is 0 Å². The van der Waals surface area contributed by atoms with Crippen LogP contribution in [0.3, 0.4) is 0 Å². The average molecular weight is 210 g/mol. The molecule has 0 radical (unpaired) electrons. The molecule has 0 fully saturated rings. The van der Waals surface area contributed by atoms with Crippen molar-refractivity contribution >= 4 is 9.24 Å². The molecular weight excluding hydrogens is 187 g/mol. The summed E-state index contributed by atoms with van der Waals surface area (Å²) in [4.78, 5) is 0. The number of allylic oxidation sites excluding steroid dienone is 4. The Hall–Kier alpha value is -0.0900. The predicted molar refractivity (Wildman–Crippen MR) is 68.5 cm³/mol. The highest BCUT2D eigenvalue weighted by molar-refractivity contribution is 7.22. The van der Waals surface area contributed by atoms with E-state index < -0.39 is 0 Å². The molecule has 0 aromatic rings. The highest BCUT2D eigenvalue weighted by Gasteiger charge is 2.03. The van der Waals surface area contributed by atoms with Crippen molar-refractivity contribution in [1.82, 2.24) is 0 Å². The Morgan fingerprint density at radius 3 is 2.50 bits per heavy atom. The number of hydrogen-bond acceptors (Lipinski definition) is 0. The van der Waals surface area contributed by atoms with Gasteiger partial charge in [0.05, 0.1) is 0 Å². The van der Waals surface area contributed by atoms with Gasteiger partial charge < -0.3 is 0 Å². The van der Waals surface area contributed by atoms with Crippen LogP contribution in [0, 0.1) is 0 Å². The van der Waals surface area contributed by atoms with Crippen molar-refractivity contribution < 1.29 is 0 Å². The number of hydrogen-bond donors (Lipinski definition) is 0. The minimum Gasteiger partial charge on any atom is -0.109 e. The van der Waals surface area contributed by atoms with Crippen LogP contribution in [0.25, 0.3) is 0 Å². The summed E-state index contributed by atoms with van der Waals surface area (Å²) >= 11 is 0. The molecule has 0 aromatic heterocycles. The second-order valence-electron chi connectivity index (χ2n) is 4.17. The van der Waals surface area contributed by atoms with Crippen molar-refractivity contribution in [2.75, 3.05) is 0 Å². The molecule has 0 heterocycles. The van der Waals surface area contributed by atoms with Gasteiger partial charge in [0.1, 0.15) is 0 Å². The molecule has 80 valence electrons. The first-order valence-corrected chi connectivity index (χ1v) is 6.56. The zero-order valence-electron chi connectivity index (χ0n) is 9.39. The summed E-state index contributed by atoms with van der Waals surface area (Å²) in [6.07, 6.45) is 15.4. The lowest BCUT2D eigenvalue weighted by molar-refractivity contribution is 0.608.